The Morgan fingerprint density at radius 2 is 1.40 bits per heavy atom. The zero-order chi connectivity index (χ0) is 38.6. The number of aliphatic hydroxyl groups is 3. The fraction of sp³-hybridized carbons (Fsp3) is 0.833. The Hall–Kier alpha value is -1.27. The maximum atomic E-state index is 12.2. The van der Waals surface area contributed by atoms with Crippen molar-refractivity contribution in [2.24, 2.45) is 5.92 Å². The molecule has 1 fully saturated rings. The molecule has 50 heavy (non-hydrogen) atoms. The van der Waals surface area contributed by atoms with Crippen molar-refractivity contribution < 1.29 is 61.1 Å². The summed E-state index contributed by atoms with van der Waals surface area (Å²) in [6, 6.07) is 6.52. The van der Waals surface area contributed by atoms with Gasteiger partial charge in [-0.15, -0.1) is 0 Å². The van der Waals surface area contributed by atoms with Crippen LogP contribution in [0, 0.1) is 12.8 Å². The summed E-state index contributed by atoms with van der Waals surface area (Å²) in [5.74, 6) is 0.333. The van der Waals surface area contributed by atoms with Crippen LogP contribution in [0.1, 0.15) is 78.2 Å². The van der Waals surface area contributed by atoms with Crippen LogP contribution in [0.25, 0.3) is 0 Å². The van der Waals surface area contributed by atoms with Gasteiger partial charge in [-0.1, -0.05) is 45.4 Å². The summed E-state index contributed by atoms with van der Waals surface area (Å²) in [4.78, 5) is 0.133. The number of ether oxygens (including phenoxy) is 7. The quantitative estimate of drug-likeness (QED) is 0.157. The Labute approximate surface area is 304 Å². The van der Waals surface area contributed by atoms with Gasteiger partial charge >= 0.3 is 0 Å². The van der Waals surface area contributed by atoms with Gasteiger partial charge in [0.2, 0.25) is 0 Å². The standard InChI is InChI=1S/C16H24O6S.C6H14O2.2C5H12O2.C4H10O/c1-13-6-8-15(9-7-13)23(17,18)21-12-14(11-19-2)22-16-5-3-4-10-20-16;1-3-6(4-7)5-8-2;1-3-5(6)4-7-2;1-3-5(4-6)7-2;1-3-4-5-2/h6-9,14,16H,3-5,10-12H2,1-2H3;6-7H,3-5H2,1-2H3;2*5-6H,3-4H2,1-2H3;3-4H2,1-2H3. The molecule has 1 aliphatic heterocycles. The highest BCUT2D eigenvalue weighted by Gasteiger charge is 2.23. The average Bonchev–Trinajstić information content (AvgIpc) is 3.12. The third-order valence-electron chi connectivity index (χ3n) is 7.02. The first-order valence-electron chi connectivity index (χ1n) is 17.5. The molecule has 0 bridgehead atoms. The number of hydrogen-bond acceptors (Lipinski definition) is 13. The largest absolute Gasteiger partial charge is 0.396 e. The molecule has 1 aromatic rings. The molecule has 5 atom stereocenters. The van der Waals surface area contributed by atoms with Crippen LogP contribution in [-0.4, -0.2) is 137 Å². The highest BCUT2D eigenvalue weighted by atomic mass is 32.2. The molecule has 0 spiro atoms. The van der Waals surface area contributed by atoms with Crippen LogP contribution < -0.4 is 0 Å². The van der Waals surface area contributed by atoms with E-state index in [0.29, 0.717) is 25.7 Å². The average molecular weight is 745 g/mol. The van der Waals surface area contributed by atoms with Gasteiger partial charge < -0.3 is 48.5 Å². The SMILES string of the molecule is CCC(CO)COC.CCC(CO)OC.CCC(O)COC.CCCOC.COCC(COS(=O)(=O)c1ccc(C)cc1)OC1CCCCO1. The summed E-state index contributed by atoms with van der Waals surface area (Å²) in [5, 5.41) is 25.7. The van der Waals surface area contributed by atoms with Gasteiger partial charge in [0.1, 0.15) is 6.10 Å². The van der Waals surface area contributed by atoms with Crippen molar-refractivity contribution in [2.75, 3.05) is 88.4 Å². The van der Waals surface area contributed by atoms with Crippen LogP contribution in [0.2, 0.25) is 0 Å². The zero-order valence-corrected chi connectivity index (χ0v) is 33.5. The van der Waals surface area contributed by atoms with Crippen LogP contribution in [0.5, 0.6) is 0 Å². The summed E-state index contributed by atoms with van der Waals surface area (Å²) in [7, 11) is 4.27. The Kier molecular flexibility index (Phi) is 39.8. The summed E-state index contributed by atoms with van der Waals surface area (Å²) in [6.07, 6.45) is 5.56. The van der Waals surface area contributed by atoms with Crippen LogP contribution in [0.3, 0.4) is 0 Å². The molecule has 1 aliphatic rings. The van der Waals surface area contributed by atoms with E-state index in [9.17, 15) is 8.42 Å². The fourth-order valence-electron chi connectivity index (χ4n) is 3.70. The summed E-state index contributed by atoms with van der Waals surface area (Å²) < 4.78 is 64.8. The molecule has 0 aliphatic carbocycles. The van der Waals surface area contributed by atoms with E-state index in [2.05, 4.69) is 11.7 Å². The van der Waals surface area contributed by atoms with E-state index in [1.165, 1.54) is 19.2 Å². The van der Waals surface area contributed by atoms with Gasteiger partial charge in [-0.2, -0.15) is 8.42 Å². The second-order valence-corrected chi connectivity index (χ2v) is 13.0. The molecule has 13 nitrogen and oxygen atoms in total. The molecule has 0 radical (unpaired) electrons. The van der Waals surface area contributed by atoms with Gasteiger partial charge in [0.05, 0.1) is 50.1 Å². The van der Waals surface area contributed by atoms with E-state index < -0.39 is 16.2 Å². The van der Waals surface area contributed by atoms with Gasteiger partial charge in [-0.25, -0.2) is 0 Å². The lowest BCUT2D eigenvalue weighted by molar-refractivity contribution is -0.201. The van der Waals surface area contributed by atoms with E-state index >= 15 is 0 Å². The van der Waals surface area contributed by atoms with E-state index in [0.717, 1.165) is 57.1 Å². The minimum Gasteiger partial charge on any atom is -0.396 e. The Morgan fingerprint density at radius 1 is 0.780 bits per heavy atom. The number of aliphatic hydroxyl groups excluding tert-OH is 3. The minimum absolute atomic E-state index is 0.0417. The monoisotopic (exact) mass is 744 g/mol. The highest BCUT2D eigenvalue weighted by Crippen LogP contribution is 2.18. The minimum atomic E-state index is -3.81. The molecule has 300 valence electrons. The van der Waals surface area contributed by atoms with Crippen molar-refractivity contribution >= 4 is 10.1 Å². The maximum Gasteiger partial charge on any atom is 0.297 e. The zero-order valence-electron chi connectivity index (χ0n) is 32.6. The molecule has 14 heteroatoms. The highest BCUT2D eigenvalue weighted by molar-refractivity contribution is 7.86. The van der Waals surface area contributed by atoms with Crippen molar-refractivity contribution in [3.63, 3.8) is 0 Å². The number of benzene rings is 1. The predicted octanol–water partition coefficient (Wildman–Crippen LogP) is 4.76. The van der Waals surface area contributed by atoms with Gasteiger partial charge in [0, 0.05) is 61.3 Å². The predicted molar refractivity (Wildman–Crippen MR) is 196 cm³/mol. The van der Waals surface area contributed by atoms with Crippen molar-refractivity contribution in [2.45, 2.75) is 109 Å². The Morgan fingerprint density at radius 3 is 1.72 bits per heavy atom. The third kappa shape index (κ3) is 31.5. The van der Waals surface area contributed by atoms with Crippen LogP contribution in [-0.2, 0) is 47.5 Å². The van der Waals surface area contributed by atoms with Crippen molar-refractivity contribution in [1.29, 1.82) is 0 Å². The second kappa shape index (κ2) is 37.5. The molecular weight excluding hydrogens is 672 g/mol. The normalized spacial score (nSPS) is 16.4. The Bertz CT molecular complexity index is 898. The molecule has 1 heterocycles. The van der Waals surface area contributed by atoms with Crippen LogP contribution in [0.4, 0.5) is 0 Å². The molecule has 1 saturated heterocycles. The van der Waals surface area contributed by atoms with E-state index in [1.807, 2.05) is 27.7 Å². The molecule has 3 N–H and O–H groups in total. The first kappa shape index (κ1) is 53.1. The summed E-state index contributed by atoms with van der Waals surface area (Å²) in [6.45, 7) is 13.1. The molecule has 2 rings (SSSR count). The van der Waals surface area contributed by atoms with Gasteiger partial charge in [0.15, 0.2) is 6.29 Å². The van der Waals surface area contributed by atoms with Crippen LogP contribution in [0.15, 0.2) is 29.2 Å². The molecule has 1 aromatic carbocycles. The summed E-state index contributed by atoms with van der Waals surface area (Å²) in [5.41, 5.74) is 0.985. The second-order valence-electron chi connectivity index (χ2n) is 11.4. The Balaban J connectivity index is -0.000000669. The van der Waals surface area contributed by atoms with E-state index in [1.54, 1.807) is 40.6 Å². The van der Waals surface area contributed by atoms with Crippen molar-refractivity contribution in [1.82, 2.24) is 0 Å². The fourth-order valence-corrected chi connectivity index (χ4v) is 4.64. The number of rotatable bonds is 20. The lowest BCUT2D eigenvalue weighted by atomic mass is 10.1. The molecule has 0 amide bonds. The lowest BCUT2D eigenvalue weighted by Gasteiger charge is -2.27. The number of methoxy groups -OCH3 is 5. The first-order valence-corrected chi connectivity index (χ1v) is 19.0. The molecular formula is C36H72O13S. The van der Waals surface area contributed by atoms with Crippen LogP contribution >= 0.6 is 0 Å². The van der Waals surface area contributed by atoms with Crippen molar-refractivity contribution in [3.8, 4) is 0 Å². The number of aryl methyl sites for hydroxylation is 1. The van der Waals surface area contributed by atoms with E-state index in [-0.39, 0.29) is 49.8 Å². The molecule has 5 unspecified atom stereocenters. The summed E-state index contributed by atoms with van der Waals surface area (Å²) >= 11 is 0. The van der Waals surface area contributed by atoms with Gasteiger partial charge in [0.25, 0.3) is 10.1 Å². The first-order chi connectivity index (χ1) is 23.9. The van der Waals surface area contributed by atoms with Crippen molar-refractivity contribution in [3.05, 3.63) is 29.8 Å². The molecule has 0 saturated carbocycles. The van der Waals surface area contributed by atoms with E-state index in [4.69, 9.17) is 47.9 Å². The van der Waals surface area contributed by atoms with Gasteiger partial charge in [-0.3, -0.25) is 4.18 Å². The smallest absolute Gasteiger partial charge is 0.297 e. The maximum absolute atomic E-state index is 12.2. The van der Waals surface area contributed by atoms with Gasteiger partial charge in [-0.05, 0) is 64.0 Å². The lowest BCUT2D eigenvalue weighted by Crippen LogP contribution is -2.34. The third-order valence-corrected chi connectivity index (χ3v) is 8.32. The number of hydrogen-bond donors (Lipinski definition) is 3. The molecule has 0 aromatic heterocycles. The topological polar surface area (TPSA) is 169 Å².